The second-order valence-corrected chi connectivity index (χ2v) is 9.22. The third-order valence-corrected chi connectivity index (χ3v) is 6.43. The molecule has 0 saturated carbocycles. The molecule has 2 amide bonds. The van der Waals surface area contributed by atoms with E-state index in [0.29, 0.717) is 18.7 Å². The highest BCUT2D eigenvalue weighted by Crippen LogP contribution is 2.18. The van der Waals surface area contributed by atoms with Crippen LogP contribution in [0.2, 0.25) is 0 Å². The summed E-state index contributed by atoms with van der Waals surface area (Å²) < 4.78 is 0. The smallest absolute Gasteiger partial charge is 0.243 e. The van der Waals surface area contributed by atoms with Crippen LogP contribution in [0.4, 0.5) is 0 Å². The van der Waals surface area contributed by atoms with Crippen molar-refractivity contribution >= 4 is 23.6 Å². The van der Waals surface area contributed by atoms with E-state index in [1.807, 2.05) is 45.9 Å². The van der Waals surface area contributed by atoms with E-state index >= 15 is 0 Å². The van der Waals surface area contributed by atoms with Crippen LogP contribution in [0, 0.1) is 13.8 Å². The zero-order valence-corrected chi connectivity index (χ0v) is 20.3. The van der Waals surface area contributed by atoms with Gasteiger partial charge in [0.15, 0.2) is 0 Å². The van der Waals surface area contributed by atoms with E-state index in [2.05, 4.69) is 42.6 Å². The number of nitrogens with one attached hydrogen (secondary N) is 1. The van der Waals surface area contributed by atoms with Crippen molar-refractivity contribution in [2.45, 2.75) is 71.8 Å². The lowest BCUT2D eigenvalue weighted by Gasteiger charge is -2.31. The molecule has 0 saturated heterocycles. The molecule has 168 valence electrons. The van der Waals surface area contributed by atoms with E-state index in [1.54, 1.807) is 16.7 Å². The molecule has 5 heteroatoms. The molecule has 2 rings (SSSR count). The van der Waals surface area contributed by atoms with Crippen LogP contribution in [-0.4, -0.2) is 34.6 Å². The lowest BCUT2D eigenvalue weighted by molar-refractivity contribution is -0.139. The number of carbonyl (C=O) groups is 2. The maximum Gasteiger partial charge on any atom is 0.243 e. The Morgan fingerprint density at radius 3 is 2.29 bits per heavy atom. The topological polar surface area (TPSA) is 49.4 Å². The van der Waals surface area contributed by atoms with Crippen LogP contribution in [0.25, 0.3) is 0 Å². The second-order valence-electron chi connectivity index (χ2n) is 8.23. The van der Waals surface area contributed by atoms with Gasteiger partial charge in [0.05, 0.1) is 5.75 Å². The molecule has 0 aliphatic carbocycles. The molecule has 1 N–H and O–H groups in total. The van der Waals surface area contributed by atoms with Crippen LogP contribution in [0.3, 0.4) is 0 Å². The number of rotatable bonds is 11. The number of benzene rings is 2. The summed E-state index contributed by atoms with van der Waals surface area (Å²) in [5.74, 6) is 1.07. The summed E-state index contributed by atoms with van der Waals surface area (Å²) in [6, 6.07) is 16.2. The Hall–Kier alpha value is -2.27. The van der Waals surface area contributed by atoms with E-state index in [9.17, 15) is 9.59 Å². The van der Waals surface area contributed by atoms with Crippen molar-refractivity contribution in [2.75, 3.05) is 5.75 Å². The number of aryl methyl sites for hydroxylation is 2. The number of nitrogens with zero attached hydrogens (tertiary/aromatic N) is 1. The van der Waals surface area contributed by atoms with Crippen LogP contribution in [0.15, 0.2) is 48.5 Å². The normalized spacial score (nSPS) is 12.8. The summed E-state index contributed by atoms with van der Waals surface area (Å²) >= 11 is 1.60. The molecule has 0 aromatic heterocycles. The molecule has 0 aliphatic rings. The molecular weight excluding hydrogens is 404 g/mol. The van der Waals surface area contributed by atoms with Gasteiger partial charge in [0.2, 0.25) is 11.8 Å². The van der Waals surface area contributed by atoms with Crippen molar-refractivity contribution in [3.05, 3.63) is 70.8 Å². The maximum atomic E-state index is 13.3. The Morgan fingerprint density at radius 1 is 0.968 bits per heavy atom. The molecule has 2 aromatic carbocycles. The molecule has 0 heterocycles. The average molecular weight is 441 g/mol. The van der Waals surface area contributed by atoms with E-state index in [1.165, 1.54) is 11.1 Å². The van der Waals surface area contributed by atoms with Crippen LogP contribution < -0.4 is 5.32 Å². The first kappa shape index (κ1) is 25.0. The molecule has 0 spiro atoms. The molecular formula is C26H36N2O2S. The summed E-state index contributed by atoms with van der Waals surface area (Å²) in [6.07, 6.45) is 1.45. The van der Waals surface area contributed by atoms with Gasteiger partial charge in [-0.15, -0.1) is 11.8 Å². The standard InChI is InChI=1S/C26H36N2O2S/c1-6-21(5)27-26(30)24(7-2)28(16-23-10-8-9-20(4)15-23)25(29)18-31-17-22-13-11-19(3)12-14-22/h8-15,21,24H,6-7,16-18H2,1-5H3,(H,27,30)/t21-,24-/m0/s1. The highest BCUT2D eigenvalue weighted by Gasteiger charge is 2.29. The van der Waals surface area contributed by atoms with Crippen molar-refractivity contribution in [3.63, 3.8) is 0 Å². The number of hydrogen-bond acceptors (Lipinski definition) is 3. The van der Waals surface area contributed by atoms with E-state index < -0.39 is 6.04 Å². The van der Waals surface area contributed by atoms with Gasteiger partial charge in [0.25, 0.3) is 0 Å². The molecule has 2 atom stereocenters. The van der Waals surface area contributed by atoms with Gasteiger partial charge in [0.1, 0.15) is 6.04 Å². The molecule has 4 nitrogen and oxygen atoms in total. The third-order valence-electron chi connectivity index (χ3n) is 5.44. The number of thioether (sulfide) groups is 1. The number of amides is 2. The van der Waals surface area contributed by atoms with Gasteiger partial charge < -0.3 is 10.2 Å². The van der Waals surface area contributed by atoms with Gasteiger partial charge >= 0.3 is 0 Å². The largest absolute Gasteiger partial charge is 0.352 e. The van der Waals surface area contributed by atoms with Gasteiger partial charge in [-0.2, -0.15) is 0 Å². The Morgan fingerprint density at radius 2 is 1.68 bits per heavy atom. The Balaban J connectivity index is 2.13. The Labute approximate surface area is 191 Å². The van der Waals surface area contributed by atoms with Crippen LogP contribution in [0.1, 0.15) is 55.9 Å². The van der Waals surface area contributed by atoms with Crippen molar-refractivity contribution < 1.29 is 9.59 Å². The summed E-state index contributed by atoms with van der Waals surface area (Å²) in [5.41, 5.74) is 4.63. The molecule has 2 aromatic rings. The number of carbonyl (C=O) groups excluding carboxylic acids is 2. The van der Waals surface area contributed by atoms with Crippen molar-refractivity contribution in [2.24, 2.45) is 0 Å². The molecule has 0 bridgehead atoms. The highest BCUT2D eigenvalue weighted by molar-refractivity contribution is 7.99. The first-order chi connectivity index (χ1) is 14.8. The SMILES string of the molecule is CC[C@H](C)NC(=O)[C@H](CC)N(Cc1cccc(C)c1)C(=O)CSCc1ccc(C)cc1. The van der Waals surface area contributed by atoms with Gasteiger partial charge in [-0.05, 0) is 44.7 Å². The first-order valence-electron chi connectivity index (χ1n) is 11.1. The zero-order chi connectivity index (χ0) is 22.8. The summed E-state index contributed by atoms with van der Waals surface area (Å²) in [6.45, 7) is 10.6. The summed E-state index contributed by atoms with van der Waals surface area (Å²) in [7, 11) is 0. The van der Waals surface area contributed by atoms with Crippen molar-refractivity contribution in [3.8, 4) is 0 Å². The minimum absolute atomic E-state index is 0.00442. The van der Waals surface area contributed by atoms with Gasteiger partial charge in [-0.3, -0.25) is 9.59 Å². The van der Waals surface area contributed by atoms with Crippen LogP contribution in [0.5, 0.6) is 0 Å². The second kappa shape index (κ2) is 12.6. The average Bonchev–Trinajstić information content (AvgIpc) is 2.74. The molecule has 0 unspecified atom stereocenters. The maximum absolute atomic E-state index is 13.3. The number of hydrogen-bond donors (Lipinski definition) is 1. The Kier molecular flexibility index (Phi) is 10.1. The lowest BCUT2D eigenvalue weighted by Crippen LogP contribution is -2.51. The summed E-state index contributed by atoms with van der Waals surface area (Å²) in [5, 5.41) is 3.06. The lowest BCUT2D eigenvalue weighted by atomic mass is 10.1. The quantitative estimate of drug-likeness (QED) is 0.519. The predicted octanol–water partition coefficient (Wildman–Crippen LogP) is 5.26. The molecule has 31 heavy (non-hydrogen) atoms. The molecule has 0 aliphatic heterocycles. The van der Waals surface area contributed by atoms with E-state index in [4.69, 9.17) is 0 Å². The fourth-order valence-electron chi connectivity index (χ4n) is 3.39. The van der Waals surface area contributed by atoms with Crippen LogP contribution in [-0.2, 0) is 21.9 Å². The summed E-state index contributed by atoms with van der Waals surface area (Å²) in [4.78, 5) is 28.0. The monoisotopic (exact) mass is 440 g/mol. The van der Waals surface area contributed by atoms with Gasteiger partial charge in [-0.1, -0.05) is 73.5 Å². The van der Waals surface area contributed by atoms with Crippen LogP contribution >= 0.6 is 11.8 Å². The van der Waals surface area contributed by atoms with E-state index in [0.717, 1.165) is 23.3 Å². The van der Waals surface area contributed by atoms with Crippen molar-refractivity contribution in [1.29, 1.82) is 0 Å². The van der Waals surface area contributed by atoms with Gasteiger partial charge in [0, 0.05) is 18.3 Å². The fraction of sp³-hybridized carbons (Fsp3) is 0.462. The Bertz CT molecular complexity index is 851. The zero-order valence-electron chi connectivity index (χ0n) is 19.5. The third kappa shape index (κ3) is 8.06. The first-order valence-corrected chi connectivity index (χ1v) is 12.3. The fourth-order valence-corrected chi connectivity index (χ4v) is 4.26. The molecule has 0 fully saturated rings. The predicted molar refractivity (Wildman–Crippen MR) is 131 cm³/mol. The highest BCUT2D eigenvalue weighted by atomic mass is 32.2. The van der Waals surface area contributed by atoms with Gasteiger partial charge in [-0.25, -0.2) is 0 Å². The minimum Gasteiger partial charge on any atom is -0.352 e. The van der Waals surface area contributed by atoms with Crippen molar-refractivity contribution in [1.82, 2.24) is 10.2 Å². The molecule has 0 radical (unpaired) electrons. The van der Waals surface area contributed by atoms with E-state index in [-0.39, 0.29) is 17.9 Å². The minimum atomic E-state index is -0.470.